The number of carbonyl (C=O) groups is 1. The van der Waals surface area contributed by atoms with Gasteiger partial charge in [-0.1, -0.05) is 0 Å². The predicted octanol–water partition coefficient (Wildman–Crippen LogP) is 1.52. The van der Waals surface area contributed by atoms with Crippen LogP contribution in [-0.2, 0) is 0 Å². The molecule has 0 saturated carbocycles. The average molecular weight is 250 g/mol. The fraction of sp³-hybridized carbons (Fsp3) is 0.273. The van der Waals surface area contributed by atoms with Gasteiger partial charge in [-0.2, -0.15) is 5.10 Å². The highest BCUT2D eigenvalue weighted by Crippen LogP contribution is 2.27. The van der Waals surface area contributed by atoms with Crippen LogP contribution >= 0.6 is 0 Å². The van der Waals surface area contributed by atoms with E-state index in [2.05, 4.69) is 10.5 Å². The molecule has 18 heavy (non-hydrogen) atoms. The third-order valence-corrected chi connectivity index (χ3v) is 2.54. The monoisotopic (exact) mass is 250 g/mol. The molecule has 7 nitrogen and oxygen atoms in total. The van der Waals surface area contributed by atoms with E-state index in [1.165, 1.54) is 6.21 Å². The summed E-state index contributed by atoms with van der Waals surface area (Å²) in [4.78, 5) is 21.0. The van der Waals surface area contributed by atoms with E-state index < -0.39 is 11.0 Å². The molecule has 0 aromatic heterocycles. The molecule has 0 fully saturated rings. The number of primary amides is 1. The summed E-state index contributed by atoms with van der Waals surface area (Å²) in [7, 11) is 0. The van der Waals surface area contributed by atoms with Gasteiger partial charge in [-0.25, -0.2) is 10.2 Å². The summed E-state index contributed by atoms with van der Waals surface area (Å²) >= 11 is 0. The van der Waals surface area contributed by atoms with E-state index in [0.717, 1.165) is 5.56 Å². The molecule has 0 bridgehead atoms. The van der Waals surface area contributed by atoms with Crippen molar-refractivity contribution in [2.45, 2.75) is 20.8 Å². The second kappa shape index (κ2) is 5.26. The van der Waals surface area contributed by atoms with Gasteiger partial charge in [-0.3, -0.25) is 10.1 Å². The maximum atomic E-state index is 11.0. The van der Waals surface area contributed by atoms with Crippen LogP contribution in [0.1, 0.15) is 22.3 Å². The van der Waals surface area contributed by atoms with Gasteiger partial charge >= 0.3 is 6.03 Å². The second-order valence-electron chi connectivity index (χ2n) is 3.89. The van der Waals surface area contributed by atoms with Gasteiger partial charge in [0.15, 0.2) is 0 Å². The highest BCUT2D eigenvalue weighted by molar-refractivity contribution is 5.87. The van der Waals surface area contributed by atoms with Crippen molar-refractivity contribution in [2.75, 3.05) is 0 Å². The molecular weight excluding hydrogens is 236 g/mol. The Hall–Kier alpha value is -2.44. The van der Waals surface area contributed by atoms with E-state index in [1.807, 2.05) is 6.92 Å². The van der Waals surface area contributed by atoms with Crippen LogP contribution in [0, 0.1) is 30.9 Å². The molecule has 2 amide bonds. The molecule has 3 N–H and O–H groups in total. The minimum Gasteiger partial charge on any atom is -0.350 e. The van der Waals surface area contributed by atoms with Crippen LogP contribution < -0.4 is 11.2 Å². The molecule has 0 saturated heterocycles. The van der Waals surface area contributed by atoms with Gasteiger partial charge in [-0.05, 0) is 32.4 Å². The molecule has 1 rings (SSSR count). The van der Waals surface area contributed by atoms with Crippen molar-refractivity contribution in [3.8, 4) is 0 Å². The molecule has 0 aliphatic rings. The number of nitro benzene ring substituents is 1. The van der Waals surface area contributed by atoms with Crippen molar-refractivity contribution in [1.82, 2.24) is 5.43 Å². The molecule has 1 aromatic rings. The van der Waals surface area contributed by atoms with E-state index in [9.17, 15) is 14.9 Å². The summed E-state index contributed by atoms with van der Waals surface area (Å²) < 4.78 is 0. The Bertz CT molecular complexity index is 538. The van der Waals surface area contributed by atoms with Crippen molar-refractivity contribution in [1.29, 1.82) is 0 Å². The number of aryl methyl sites for hydroxylation is 2. The van der Waals surface area contributed by atoms with Crippen LogP contribution in [0.3, 0.4) is 0 Å². The lowest BCUT2D eigenvalue weighted by Crippen LogP contribution is -2.24. The standard InChI is InChI=1S/C11H14N4O3/c1-6-4-7(2)10(15(17)18)8(3)9(6)5-13-14-11(12)16/h4-5H,1-3H3,(H3,12,14,16)/b13-5+. The first kappa shape index (κ1) is 13.6. The number of carbonyl (C=O) groups excluding carboxylic acids is 1. The maximum absolute atomic E-state index is 11.0. The zero-order chi connectivity index (χ0) is 13.9. The molecule has 1 aromatic carbocycles. The van der Waals surface area contributed by atoms with Crippen molar-refractivity contribution in [3.63, 3.8) is 0 Å². The number of nitrogens with two attached hydrogens (primary N) is 1. The number of nitro groups is 1. The van der Waals surface area contributed by atoms with Crippen LogP contribution in [0.4, 0.5) is 10.5 Å². The van der Waals surface area contributed by atoms with Crippen LogP contribution in [0.15, 0.2) is 11.2 Å². The van der Waals surface area contributed by atoms with Gasteiger partial charge in [0.25, 0.3) is 5.69 Å². The van der Waals surface area contributed by atoms with E-state index in [0.29, 0.717) is 16.7 Å². The first-order valence-electron chi connectivity index (χ1n) is 5.18. The molecule has 0 aliphatic heterocycles. The third kappa shape index (κ3) is 2.82. The van der Waals surface area contributed by atoms with Crippen LogP contribution in [0.5, 0.6) is 0 Å². The SMILES string of the molecule is Cc1cc(C)c([N+](=O)[O-])c(C)c1/C=N/NC(N)=O. The number of nitrogens with zero attached hydrogens (tertiary/aromatic N) is 2. The molecule has 0 spiro atoms. The number of rotatable bonds is 3. The lowest BCUT2D eigenvalue weighted by Gasteiger charge is -2.08. The lowest BCUT2D eigenvalue weighted by atomic mass is 9.98. The normalized spacial score (nSPS) is 10.6. The predicted molar refractivity (Wildman–Crippen MR) is 67.6 cm³/mol. The number of amides is 2. The Balaban J connectivity index is 3.28. The van der Waals surface area contributed by atoms with E-state index in [-0.39, 0.29) is 5.69 Å². The number of urea groups is 1. The molecule has 0 atom stereocenters. The smallest absolute Gasteiger partial charge is 0.332 e. The molecule has 0 aliphatic carbocycles. The Morgan fingerprint density at radius 3 is 2.56 bits per heavy atom. The maximum Gasteiger partial charge on any atom is 0.332 e. The zero-order valence-electron chi connectivity index (χ0n) is 10.4. The third-order valence-electron chi connectivity index (χ3n) is 2.54. The van der Waals surface area contributed by atoms with Crippen molar-refractivity contribution in [2.24, 2.45) is 10.8 Å². The highest BCUT2D eigenvalue weighted by atomic mass is 16.6. The van der Waals surface area contributed by atoms with E-state index >= 15 is 0 Å². The largest absolute Gasteiger partial charge is 0.350 e. The topological polar surface area (TPSA) is 111 Å². The van der Waals surface area contributed by atoms with Gasteiger partial charge in [0.05, 0.1) is 11.1 Å². The van der Waals surface area contributed by atoms with E-state index in [1.54, 1.807) is 19.9 Å². The van der Waals surface area contributed by atoms with Crippen LogP contribution in [0.2, 0.25) is 0 Å². The number of hydrogen-bond acceptors (Lipinski definition) is 4. The van der Waals surface area contributed by atoms with Gasteiger partial charge in [-0.15, -0.1) is 0 Å². The fourth-order valence-corrected chi connectivity index (χ4v) is 1.83. The first-order chi connectivity index (χ1) is 8.34. The molecule has 96 valence electrons. The average Bonchev–Trinajstić information content (AvgIpc) is 2.21. The van der Waals surface area contributed by atoms with Crippen molar-refractivity contribution in [3.05, 3.63) is 38.4 Å². The molecule has 0 radical (unpaired) electrons. The Kier molecular flexibility index (Phi) is 3.98. The van der Waals surface area contributed by atoms with Crippen molar-refractivity contribution >= 4 is 17.9 Å². The Morgan fingerprint density at radius 2 is 2.06 bits per heavy atom. The van der Waals surface area contributed by atoms with Gasteiger partial charge < -0.3 is 5.73 Å². The summed E-state index contributed by atoms with van der Waals surface area (Å²) in [6.45, 7) is 5.14. The molecular formula is C11H14N4O3. The second-order valence-corrected chi connectivity index (χ2v) is 3.89. The van der Waals surface area contributed by atoms with Gasteiger partial charge in [0.1, 0.15) is 0 Å². The summed E-state index contributed by atoms with van der Waals surface area (Å²) in [6.07, 6.45) is 1.35. The molecule has 7 heteroatoms. The quantitative estimate of drug-likeness (QED) is 0.482. The first-order valence-corrected chi connectivity index (χ1v) is 5.18. The summed E-state index contributed by atoms with van der Waals surface area (Å²) in [5.74, 6) is 0. The number of hydrogen-bond donors (Lipinski definition) is 2. The minimum atomic E-state index is -0.789. The fourth-order valence-electron chi connectivity index (χ4n) is 1.83. The van der Waals surface area contributed by atoms with E-state index in [4.69, 9.17) is 5.73 Å². The Labute approximate surface area is 104 Å². The minimum absolute atomic E-state index is 0.0566. The summed E-state index contributed by atoms with van der Waals surface area (Å²) in [5.41, 5.74) is 9.51. The highest BCUT2D eigenvalue weighted by Gasteiger charge is 2.18. The van der Waals surface area contributed by atoms with Crippen molar-refractivity contribution < 1.29 is 9.72 Å². The molecule has 0 unspecified atom stereocenters. The summed E-state index contributed by atoms with van der Waals surface area (Å²) in [5, 5.41) is 14.6. The van der Waals surface area contributed by atoms with Gasteiger partial charge in [0.2, 0.25) is 0 Å². The Morgan fingerprint density at radius 1 is 1.44 bits per heavy atom. The molecule has 0 heterocycles. The summed E-state index contributed by atoms with van der Waals surface area (Å²) in [6, 6.07) is 0.916. The lowest BCUT2D eigenvalue weighted by molar-refractivity contribution is -0.386. The number of benzene rings is 1. The zero-order valence-corrected chi connectivity index (χ0v) is 10.4. The number of hydrazone groups is 1. The van der Waals surface area contributed by atoms with Crippen LogP contribution in [-0.4, -0.2) is 17.2 Å². The van der Waals surface area contributed by atoms with Gasteiger partial charge in [0, 0.05) is 16.7 Å². The van der Waals surface area contributed by atoms with Crippen LogP contribution in [0.25, 0.3) is 0 Å². The number of nitrogens with one attached hydrogen (secondary N) is 1.